The lowest BCUT2D eigenvalue weighted by Gasteiger charge is -2.10. The summed E-state index contributed by atoms with van der Waals surface area (Å²) in [6, 6.07) is 9.83. The maximum Gasteiger partial charge on any atom is 0.271 e. The summed E-state index contributed by atoms with van der Waals surface area (Å²) < 4.78 is 19.5. The Kier molecular flexibility index (Phi) is 5.56. The van der Waals surface area contributed by atoms with Crippen LogP contribution in [0.15, 0.2) is 36.4 Å². The van der Waals surface area contributed by atoms with E-state index in [-0.39, 0.29) is 29.8 Å². The van der Waals surface area contributed by atoms with Crippen molar-refractivity contribution >= 4 is 22.8 Å². The van der Waals surface area contributed by atoms with Gasteiger partial charge in [-0.25, -0.2) is 14.4 Å². The van der Waals surface area contributed by atoms with E-state index in [9.17, 15) is 9.18 Å². The van der Waals surface area contributed by atoms with Gasteiger partial charge in [0, 0.05) is 5.39 Å². The zero-order valence-corrected chi connectivity index (χ0v) is 15.1. The number of fused-ring (bicyclic) bond motifs is 1. The maximum atomic E-state index is 13.9. The Morgan fingerprint density at radius 1 is 1.15 bits per heavy atom. The molecule has 0 saturated carbocycles. The van der Waals surface area contributed by atoms with E-state index in [1.807, 2.05) is 26.0 Å². The van der Waals surface area contributed by atoms with Crippen molar-refractivity contribution in [3.05, 3.63) is 59.3 Å². The van der Waals surface area contributed by atoms with Gasteiger partial charge in [0.25, 0.3) is 5.91 Å². The van der Waals surface area contributed by atoms with Crippen LogP contribution in [0.3, 0.4) is 0 Å². The second-order valence-corrected chi connectivity index (χ2v) is 6.23. The van der Waals surface area contributed by atoms with Gasteiger partial charge < -0.3 is 15.8 Å². The van der Waals surface area contributed by atoms with E-state index in [0.717, 1.165) is 5.69 Å². The lowest BCUT2D eigenvalue weighted by atomic mass is 10.1. The molecule has 1 amide bonds. The van der Waals surface area contributed by atoms with Crippen molar-refractivity contribution in [3.8, 4) is 0 Å². The molecule has 0 aliphatic rings. The third-order valence-corrected chi connectivity index (χ3v) is 3.77. The number of aromatic nitrogens is 3. The van der Waals surface area contributed by atoms with Crippen LogP contribution in [0.4, 0.5) is 10.3 Å². The van der Waals surface area contributed by atoms with Gasteiger partial charge in [0.1, 0.15) is 17.0 Å². The van der Waals surface area contributed by atoms with Crippen molar-refractivity contribution < 1.29 is 13.9 Å². The number of nitrogen functional groups attached to an aromatic ring is 1. The number of rotatable bonds is 6. The molecule has 7 nitrogen and oxygen atoms in total. The summed E-state index contributed by atoms with van der Waals surface area (Å²) in [5.41, 5.74) is 7.10. The monoisotopic (exact) mass is 369 g/mol. The Morgan fingerprint density at radius 2 is 1.89 bits per heavy atom. The summed E-state index contributed by atoms with van der Waals surface area (Å²) in [6.45, 7) is 4.48. The number of carbonyl (C=O) groups is 1. The minimum atomic E-state index is -0.560. The minimum Gasteiger partial charge on any atom is -0.373 e. The second kappa shape index (κ2) is 8.05. The predicted molar refractivity (Wildman–Crippen MR) is 99.2 cm³/mol. The van der Waals surface area contributed by atoms with E-state index in [4.69, 9.17) is 10.5 Å². The maximum absolute atomic E-state index is 13.9. The number of pyridine rings is 1. The van der Waals surface area contributed by atoms with Crippen LogP contribution < -0.4 is 11.1 Å². The average molecular weight is 369 g/mol. The summed E-state index contributed by atoms with van der Waals surface area (Å²) in [4.78, 5) is 24.8. The summed E-state index contributed by atoms with van der Waals surface area (Å²) in [7, 11) is 0. The molecule has 0 aliphatic carbocycles. The number of nitrogens with zero attached hydrogens (tertiary/aromatic N) is 3. The Balaban J connectivity index is 1.76. The van der Waals surface area contributed by atoms with Crippen LogP contribution in [0.1, 0.15) is 35.7 Å². The van der Waals surface area contributed by atoms with Gasteiger partial charge in [-0.3, -0.25) is 9.78 Å². The lowest BCUT2D eigenvalue weighted by Crippen LogP contribution is -2.25. The van der Waals surface area contributed by atoms with Gasteiger partial charge in [-0.05, 0) is 32.0 Å². The van der Waals surface area contributed by atoms with Crippen LogP contribution in [-0.2, 0) is 17.9 Å². The van der Waals surface area contributed by atoms with Gasteiger partial charge in [0.2, 0.25) is 5.95 Å². The number of hydrogen-bond acceptors (Lipinski definition) is 6. The van der Waals surface area contributed by atoms with Gasteiger partial charge in [-0.2, -0.15) is 0 Å². The Labute approximate surface area is 155 Å². The van der Waals surface area contributed by atoms with E-state index in [2.05, 4.69) is 20.3 Å². The third-order valence-electron chi connectivity index (χ3n) is 3.77. The van der Waals surface area contributed by atoms with Crippen molar-refractivity contribution in [1.29, 1.82) is 0 Å². The SMILES string of the molecule is CC(C)OCc1cccc(CNC(=O)c2nc(N)nc3c(F)cccc23)n1. The molecule has 0 atom stereocenters. The highest BCUT2D eigenvalue weighted by molar-refractivity contribution is 6.04. The molecule has 0 fully saturated rings. The molecule has 2 aromatic heterocycles. The minimum absolute atomic E-state index is 0.0149. The number of ether oxygens (including phenoxy) is 1. The molecule has 8 heteroatoms. The number of hydrogen-bond donors (Lipinski definition) is 2. The highest BCUT2D eigenvalue weighted by Crippen LogP contribution is 2.19. The number of carbonyl (C=O) groups excluding carboxylic acids is 1. The number of nitrogens with two attached hydrogens (primary N) is 1. The third kappa shape index (κ3) is 4.53. The normalized spacial score (nSPS) is 11.1. The standard InChI is InChI=1S/C19H20FN5O2/c1-11(2)27-10-13-6-3-5-12(23-13)9-22-18(26)17-14-7-4-8-15(20)16(14)24-19(21)25-17/h3-8,11H,9-10H2,1-2H3,(H,22,26)(H2,21,24,25). The molecule has 1 aromatic carbocycles. The zero-order chi connectivity index (χ0) is 19.4. The molecule has 0 radical (unpaired) electrons. The molecular formula is C19H20FN5O2. The number of para-hydroxylation sites is 1. The zero-order valence-electron chi connectivity index (χ0n) is 15.1. The van der Waals surface area contributed by atoms with Crippen molar-refractivity contribution in [2.75, 3.05) is 5.73 Å². The molecule has 3 N–H and O–H groups in total. The van der Waals surface area contributed by atoms with Crippen LogP contribution in [-0.4, -0.2) is 27.0 Å². The van der Waals surface area contributed by atoms with Crippen LogP contribution in [0.25, 0.3) is 10.9 Å². The fourth-order valence-electron chi connectivity index (χ4n) is 2.52. The summed E-state index contributed by atoms with van der Waals surface area (Å²) in [6.07, 6.45) is 0.104. The highest BCUT2D eigenvalue weighted by Gasteiger charge is 2.16. The molecule has 27 heavy (non-hydrogen) atoms. The average Bonchev–Trinajstić information content (AvgIpc) is 2.65. The molecular weight excluding hydrogens is 349 g/mol. The number of nitrogens with one attached hydrogen (secondary N) is 1. The van der Waals surface area contributed by atoms with Crippen molar-refractivity contribution in [3.63, 3.8) is 0 Å². The van der Waals surface area contributed by atoms with E-state index in [0.29, 0.717) is 17.7 Å². The number of benzene rings is 1. The molecule has 0 unspecified atom stereocenters. The van der Waals surface area contributed by atoms with Crippen molar-refractivity contribution in [1.82, 2.24) is 20.3 Å². The molecule has 0 spiro atoms. The van der Waals surface area contributed by atoms with Crippen LogP contribution >= 0.6 is 0 Å². The van der Waals surface area contributed by atoms with Crippen LogP contribution in [0.2, 0.25) is 0 Å². The van der Waals surface area contributed by atoms with E-state index in [1.165, 1.54) is 12.1 Å². The molecule has 3 aromatic rings. The van der Waals surface area contributed by atoms with Gasteiger partial charge in [0.05, 0.1) is 30.6 Å². The summed E-state index contributed by atoms with van der Waals surface area (Å²) >= 11 is 0. The first-order valence-electron chi connectivity index (χ1n) is 8.50. The molecule has 2 heterocycles. The number of amides is 1. The second-order valence-electron chi connectivity index (χ2n) is 6.23. The van der Waals surface area contributed by atoms with Crippen molar-refractivity contribution in [2.24, 2.45) is 0 Å². The van der Waals surface area contributed by atoms with Gasteiger partial charge >= 0.3 is 0 Å². The molecule has 0 saturated heterocycles. The first-order valence-corrected chi connectivity index (χ1v) is 8.50. The fourth-order valence-corrected chi connectivity index (χ4v) is 2.52. The molecule has 0 bridgehead atoms. The predicted octanol–water partition coefficient (Wildman–Crippen LogP) is 2.60. The topological polar surface area (TPSA) is 103 Å². The number of halogens is 1. The Bertz CT molecular complexity index is 977. The largest absolute Gasteiger partial charge is 0.373 e. The Morgan fingerprint density at radius 3 is 2.67 bits per heavy atom. The highest BCUT2D eigenvalue weighted by atomic mass is 19.1. The molecule has 3 rings (SSSR count). The lowest BCUT2D eigenvalue weighted by molar-refractivity contribution is 0.0635. The van der Waals surface area contributed by atoms with Crippen LogP contribution in [0.5, 0.6) is 0 Å². The number of anilines is 1. The van der Waals surface area contributed by atoms with Crippen LogP contribution in [0, 0.1) is 5.82 Å². The first kappa shape index (κ1) is 18.7. The Hall–Kier alpha value is -3.13. The smallest absolute Gasteiger partial charge is 0.271 e. The van der Waals surface area contributed by atoms with Gasteiger partial charge in [-0.15, -0.1) is 0 Å². The van der Waals surface area contributed by atoms with Crippen molar-refractivity contribution in [2.45, 2.75) is 33.1 Å². The fraction of sp³-hybridized carbons (Fsp3) is 0.263. The molecule has 140 valence electrons. The van der Waals surface area contributed by atoms with Gasteiger partial charge in [-0.1, -0.05) is 18.2 Å². The molecule has 0 aliphatic heterocycles. The summed E-state index contributed by atoms with van der Waals surface area (Å²) in [5.74, 6) is -1.20. The van der Waals surface area contributed by atoms with Gasteiger partial charge in [0.15, 0.2) is 0 Å². The van der Waals surface area contributed by atoms with E-state index < -0.39 is 11.7 Å². The first-order chi connectivity index (χ1) is 12.9. The van der Waals surface area contributed by atoms with E-state index >= 15 is 0 Å². The van der Waals surface area contributed by atoms with E-state index in [1.54, 1.807) is 12.1 Å². The quantitative estimate of drug-likeness (QED) is 0.692. The summed E-state index contributed by atoms with van der Waals surface area (Å²) in [5, 5.41) is 3.04.